The summed E-state index contributed by atoms with van der Waals surface area (Å²) >= 11 is 5.94. The Hall–Kier alpha value is -2.33. The molecule has 0 bridgehead atoms. The van der Waals surface area contributed by atoms with Crippen LogP contribution in [-0.4, -0.2) is 21.8 Å². The fourth-order valence-electron chi connectivity index (χ4n) is 2.37. The molecule has 0 fully saturated rings. The van der Waals surface area contributed by atoms with E-state index in [-0.39, 0.29) is 5.91 Å². The topological polar surface area (TPSA) is 46.4 Å². The van der Waals surface area contributed by atoms with Gasteiger partial charge in [-0.25, -0.2) is 4.98 Å². The van der Waals surface area contributed by atoms with Crippen LogP contribution in [0.5, 0.6) is 0 Å². The van der Waals surface area contributed by atoms with Crippen LogP contribution in [0.15, 0.2) is 48.8 Å². The summed E-state index contributed by atoms with van der Waals surface area (Å²) in [5, 5.41) is 3.64. The zero-order valence-electron chi connectivity index (χ0n) is 12.2. The summed E-state index contributed by atoms with van der Waals surface area (Å²) in [5.74, 6) is -0.0877. The summed E-state index contributed by atoms with van der Waals surface area (Å²) < 4.78 is 1.86. The van der Waals surface area contributed by atoms with Crippen molar-refractivity contribution in [2.45, 2.75) is 13.3 Å². The molecular weight excluding hydrogens is 298 g/mol. The van der Waals surface area contributed by atoms with E-state index in [9.17, 15) is 4.79 Å². The van der Waals surface area contributed by atoms with Crippen molar-refractivity contribution in [2.24, 2.45) is 0 Å². The number of imidazole rings is 1. The number of carbonyl (C=O) groups excluding carboxylic acids is 1. The minimum absolute atomic E-state index is 0.0877. The molecular formula is C17H16ClN3O. The molecule has 0 spiro atoms. The molecule has 4 nitrogen and oxygen atoms in total. The molecule has 1 aromatic carbocycles. The number of benzene rings is 1. The smallest absolute Gasteiger partial charge is 0.252 e. The minimum atomic E-state index is -0.0877. The molecule has 22 heavy (non-hydrogen) atoms. The number of fused-ring (bicyclic) bond motifs is 1. The number of nitrogens with one attached hydrogen (secondary N) is 1. The van der Waals surface area contributed by atoms with Gasteiger partial charge >= 0.3 is 0 Å². The maximum absolute atomic E-state index is 12.2. The molecule has 0 saturated carbocycles. The number of aromatic nitrogens is 2. The van der Waals surface area contributed by atoms with Crippen LogP contribution >= 0.6 is 11.6 Å². The molecule has 0 atom stereocenters. The second kappa shape index (κ2) is 6.20. The van der Waals surface area contributed by atoms with Crippen LogP contribution in [0.2, 0.25) is 5.02 Å². The maximum atomic E-state index is 12.2. The van der Waals surface area contributed by atoms with Gasteiger partial charge in [0.15, 0.2) is 0 Å². The lowest BCUT2D eigenvalue weighted by Gasteiger charge is -2.06. The number of aryl methyl sites for hydroxylation is 1. The van der Waals surface area contributed by atoms with Gasteiger partial charge in [-0.15, -0.1) is 0 Å². The molecule has 5 heteroatoms. The number of hydrogen-bond acceptors (Lipinski definition) is 2. The molecule has 0 saturated heterocycles. The third-order valence-electron chi connectivity index (χ3n) is 3.42. The predicted molar refractivity (Wildman–Crippen MR) is 87.4 cm³/mol. The Bertz CT molecular complexity index is 826. The van der Waals surface area contributed by atoms with Crippen molar-refractivity contribution in [2.75, 3.05) is 6.54 Å². The lowest BCUT2D eigenvalue weighted by atomic mass is 10.1. The van der Waals surface area contributed by atoms with E-state index in [0.717, 1.165) is 23.3 Å². The molecule has 0 aliphatic rings. The van der Waals surface area contributed by atoms with Crippen LogP contribution in [0.4, 0.5) is 0 Å². The van der Waals surface area contributed by atoms with Crippen molar-refractivity contribution < 1.29 is 4.79 Å². The van der Waals surface area contributed by atoms with E-state index in [2.05, 4.69) is 10.3 Å². The third-order valence-corrected chi connectivity index (χ3v) is 3.66. The first-order valence-corrected chi connectivity index (χ1v) is 7.47. The van der Waals surface area contributed by atoms with Crippen molar-refractivity contribution in [3.63, 3.8) is 0 Å². The summed E-state index contributed by atoms with van der Waals surface area (Å²) in [4.78, 5) is 16.5. The number of nitrogens with zero attached hydrogens (tertiary/aromatic N) is 2. The molecule has 0 aliphatic heterocycles. The van der Waals surface area contributed by atoms with Crippen LogP contribution in [0.3, 0.4) is 0 Å². The van der Waals surface area contributed by atoms with Crippen molar-refractivity contribution in [1.29, 1.82) is 0 Å². The van der Waals surface area contributed by atoms with Gasteiger partial charge in [-0.2, -0.15) is 0 Å². The van der Waals surface area contributed by atoms with E-state index in [0.29, 0.717) is 17.1 Å². The van der Waals surface area contributed by atoms with Crippen LogP contribution in [0.25, 0.3) is 5.65 Å². The highest BCUT2D eigenvalue weighted by atomic mass is 35.5. The fraction of sp³-hybridized carbons (Fsp3) is 0.176. The van der Waals surface area contributed by atoms with E-state index >= 15 is 0 Å². The van der Waals surface area contributed by atoms with Gasteiger partial charge in [-0.3, -0.25) is 4.79 Å². The second-order valence-corrected chi connectivity index (χ2v) is 5.64. The first-order valence-electron chi connectivity index (χ1n) is 7.10. The number of halogens is 1. The summed E-state index contributed by atoms with van der Waals surface area (Å²) in [6.07, 6.45) is 4.45. The molecule has 1 N–H and O–H groups in total. The lowest BCUT2D eigenvalue weighted by Crippen LogP contribution is -2.25. The van der Waals surface area contributed by atoms with Crippen molar-refractivity contribution in [1.82, 2.24) is 14.7 Å². The summed E-state index contributed by atoms with van der Waals surface area (Å²) in [6, 6.07) is 11.3. The highest BCUT2D eigenvalue weighted by Crippen LogP contribution is 2.11. The van der Waals surface area contributed by atoms with E-state index < -0.39 is 0 Å². The van der Waals surface area contributed by atoms with Gasteiger partial charge < -0.3 is 9.72 Å². The van der Waals surface area contributed by atoms with Crippen LogP contribution in [-0.2, 0) is 6.42 Å². The fourth-order valence-corrected chi connectivity index (χ4v) is 2.58. The Morgan fingerprint density at radius 2 is 2.14 bits per heavy atom. The van der Waals surface area contributed by atoms with Gasteiger partial charge in [0.25, 0.3) is 5.91 Å². The van der Waals surface area contributed by atoms with Crippen molar-refractivity contribution in [3.8, 4) is 0 Å². The van der Waals surface area contributed by atoms with Crippen molar-refractivity contribution in [3.05, 3.63) is 70.6 Å². The number of amides is 1. The molecule has 2 heterocycles. The number of carbonyl (C=O) groups is 1. The first-order chi connectivity index (χ1) is 10.6. The number of rotatable bonds is 4. The summed E-state index contributed by atoms with van der Waals surface area (Å²) in [7, 11) is 0. The predicted octanol–water partition coefficient (Wildman–Crippen LogP) is 3.27. The maximum Gasteiger partial charge on any atom is 0.252 e. The van der Waals surface area contributed by atoms with Gasteiger partial charge in [0.1, 0.15) is 5.65 Å². The number of pyridine rings is 1. The molecule has 0 unspecified atom stereocenters. The third kappa shape index (κ3) is 3.28. The average molecular weight is 314 g/mol. The Labute approximate surface area is 133 Å². The Morgan fingerprint density at radius 3 is 2.95 bits per heavy atom. The monoisotopic (exact) mass is 313 g/mol. The molecule has 0 radical (unpaired) electrons. The van der Waals surface area contributed by atoms with E-state index in [1.165, 1.54) is 0 Å². The second-order valence-electron chi connectivity index (χ2n) is 5.20. The standard InChI is InChI=1S/C17H16ClN3O/c1-12-10-21-11-14(5-6-16(21)20-12)17(22)19-8-7-13-3-2-4-15(18)9-13/h2-6,9-11H,7-8H2,1H3,(H,19,22). The van der Waals surface area contributed by atoms with E-state index in [4.69, 9.17) is 11.6 Å². The molecule has 112 valence electrons. The highest BCUT2D eigenvalue weighted by molar-refractivity contribution is 6.30. The average Bonchev–Trinajstić information content (AvgIpc) is 2.86. The molecule has 0 aliphatic carbocycles. The Morgan fingerprint density at radius 1 is 1.27 bits per heavy atom. The van der Waals surface area contributed by atoms with Crippen molar-refractivity contribution >= 4 is 23.2 Å². The van der Waals surface area contributed by atoms with Crippen LogP contribution < -0.4 is 5.32 Å². The first kappa shape index (κ1) is 14.6. The Balaban J connectivity index is 1.63. The largest absolute Gasteiger partial charge is 0.352 e. The normalized spacial score (nSPS) is 10.8. The van der Waals surface area contributed by atoms with Gasteiger partial charge in [-0.1, -0.05) is 23.7 Å². The van der Waals surface area contributed by atoms with E-state index in [1.54, 1.807) is 12.3 Å². The van der Waals surface area contributed by atoms with Crippen LogP contribution in [0.1, 0.15) is 21.6 Å². The molecule has 3 rings (SSSR count). The minimum Gasteiger partial charge on any atom is -0.352 e. The van der Waals surface area contributed by atoms with Gasteiger partial charge in [0.2, 0.25) is 0 Å². The highest BCUT2D eigenvalue weighted by Gasteiger charge is 2.07. The van der Waals surface area contributed by atoms with Gasteiger partial charge in [0.05, 0.1) is 11.3 Å². The lowest BCUT2D eigenvalue weighted by molar-refractivity contribution is 0.0953. The summed E-state index contributed by atoms with van der Waals surface area (Å²) in [6.45, 7) is 2.50. The molecule has 2 aromatic heterocycles. The Kier molecular flexibility index (Phi) is 4.11. The summed E-state index contributed by atoms with van der Waals surface area (Å²) in [5.41, 5.74) is 3.50. The van der Waals surface area contributed by atoms with E-state index in [1.807, 2.05) is 47.9 Å². The molecule has 3 aromatic rings. The van der Waals surface area contributed by atoms with Crippen LogP contribution in [0, 0.1) is 6.92 Å². The zero-order chi connectivity index (χ0) is 15.5. The van der Waals surface area contributed by atoms with Gasteiger partial charge in [0, 0.05) is 24.0 Å². The molecule has 1 amide bonds. The van der Waals surface area contributed by atoms with Gasteiger partial charge in [-0.05, 0) is 43.2 Å². The zero-order valence-corrected chi connectivity index (χ0v) is 13.0. The number of hydrogen-bond donors (Lipinski definition) is 1. The quantitative estimate of drug-likeness (QED) is 0.803. The SMILES string of the molecule is Cc1cn2cc(C(=O)NCCc3cccc(Cl)c3)ccc2n1.